The fraction of sp³-hybridized carbons (Fsp3) is 0.125. The van der Waals surface area contributed by atoms with Crippen molar-refractivity contribution in [3.05, 3.63) is 63.6 Å². The lowest BCUT2D eigenvalue weighted by Gasteiger charge is -2.11. The van der Waals surface area contributed by atoms with Crippen LogP contribution in [-0.4, -0.2) is 11.7 Å². The summed E-state index contributed by atoms with van der Waals surface area (Å²) in [6.07, 6.45) is 0. The molecule has 4 nitrogen and oxygen atoms in total. The van der Waals surface area contributed by atoms with Crippen molar-refractivity contribution < 1.29 is 14.3 Å². The van der Waals surface area contributed by atoms with Crippen molar-refractivity contribution in [1.82, 2.24) is 0 Å². The third kappa shape index (κ3) is 3.92. The van der Waals surface area contributed by atoms with E-state index in [1.807, 2.05) is 6.07 Å². The van der Waals surface area contributed by atoms with Crippen molar-refractivity contribution in [3.8, 4) is 5.75 Å². The van der Waals surface area contributed by atoms with E-state index in [2.05, 4.69) is 15.9 Å². The maximum Gasteiger partial charge on any atom is 0.248 e. The minimum Gasteiger partial charge on any atom is -0.488 e. The molecule has 0 aliphatic rings. The first-order chi connectivity index (χ1) is 9.97. The Labute approximate surface area is 131 Å². The van der Waals surface area contributed by atoms with E-state index in [1.54, 1.807) is 36.4 Å². The van der Waals surface area contributed by atoms with Gasteiger partial charge in [-0.15, -0.1) is 0 Å². The van der Waals surface area contributed by atoms with Gasteiger partial charge in [0, 0.05) is 10.0 Å². The molecule has 1 amide bonds. The zero-order valence-electron chi connectivity index (χ0n) is 11.4. The Hall–Kier alpha value is -2.14. The van der Waals surface area contributed by atoms with Crippen molar-refractivity contribution in [2.24, 2.45) is 5.73 Å². The van der Waals surface area contributed by atoms with Crippen molar-refractivity contribution in [1.29, 1.82) is 0 Å². The first-order valence-electron chi connectivity index (χ1n) is 6.29. The van der Waals surface area contributed by atoms with Crippen molar-refractivity contribution in [2.75, 3.05) is 0 Å². The Morgan fingerprint density at radius 3 is 2.62 bits per heavy atom. The molecule has 0 saturated carbocycles. The van der Waals surface area contributed by atoms with Crippen LogP contribution in [0.3, 0.4) is 0 Å². The van der Waals surface area contributed by atoms with E-state index in [1.165, 1.54) is 6.92 Å². The second kappa shape index (κ2) is 6.54. The molecule has 0 aromatic heterocycles. The van der Waals surface area contributed by atoms with E-state index in [0.717, 1.165) is 10.0 Å². The number of benzene rings is 2. The molecule has 2 N–H and O–H groups in total. The van der Waals surface area contributed by atoms with Gasteiger partial charge in [-0.25, -0.2) is 0 Å². The summed E-state index contributed by atoms with van der Waals surface area (Å²) in [5.74, 6) is -0.0477. The normalized spacial score (nSPS) is 10.2. The monoisotopic (exact) mass is 347 g/mol. The van der Waals surface area contributed by atoms with Crippen LogP contribution < -0.4 is 10.5 Å². The van der Waals surface area contributed by atoms with Gasteiger partial charge < -0.3 is 10.5 Å². The summed E-state index contributed by atoms with van der Waals surface area (Å²) in [7, 11) is 0. The summed E-state index contributed by atoms with van der Waals surface area (Å²) < 4.78 is 6.52. The number of ether oxygens (including phenoxy) is 1. The van der Waals surface area contributed by atoms with Crippen molar-refractivity contribution in [3.63, 3.8) is 0 Å². The fourth-order valence-electron chi connectivity index (χ4n) is 1.88. The summed E-state index contributed by atoms with van der Waals surface area (Å²) in [5.41, 5.74) is 7.00. The number of carbonyl (C=O) groups excluding carboxylic acids is 2. The van der Waals surface area contributed by atoms with Crippen LogP contribution in [0.25, 0.3) is 0 Å². The molecule has 0 radical (unpaired) electrons. The Kier molecular flexibility index (Phi) is 4.75. The first-order valence-corrected chi connectivity index (χ1v) is 7.08. The highest BCUT2D eigenvalue weighted by atomic mass is 79.9. The lowest BCUT2D eigenvalue weighted by molar-refractivity contribution is 0.0995. The van der Waals surface area contributed by atoms with Crippen molar-refractivity contribution in [2.45, 2.75) is 13.5 Å². The minimum absolute atomic E-state index is 0.0663. The zero-order chi connectivity index (χ0) is 15.4. The van der Waals surface area contributed by atoms with Gasteiger partial charge in [0.1, 0.15) is 12.4 Å². The molecule has 0 heterocycles. The van der Waals surface area contributed by atoms with Gasteiger partial charge in [0.25, 0.3) is 0 Å². The van der Waals surface area contributed by atoms with Gasteiger partial charge in [0.05, 0.1) is 5.56 Å². The van der Waals surface area contributed by atoms with Crippen LogP contribution >= 0.6 is 15.9 Å². The van der Waals surface area contributed by atoms with Gasteiger partial charge in [0.2, 0.25) is 5.91 Å². The fourth-order valence-corrected chi connectivity index (χ4v) is 2.22. The number of Topliss-reactive ketones (excluding diaryl/α,β-unsaturated/α-hetero) is 1. The lowest BCUT2D eigenvalue weighted by Crippen LogP contribution is -2.11. The van der Waals surface area contributed by atoms with Crippen LogP contribution in [0.1, 0.15) is 33.2 Å². The maximum absolute atomic E-state index is 11.6. The molecule has 0 bridgehead atoms. The lowest BCUT2D eigenvalue weighted by atomic mass is 10.1. The number of ketones is 1. The van der Waals surface area contributed by atoms with Gasteiger partial charge in [-0.2, -0.15) is 0 Å². The van der Waals surface area contributed by atoms with Gasteiger partial charge >= 0.3 is 0 Å². The molecule has 0 spiro atoms. The molecule has 0 unspecified atom stereocenters. The zero-order valence-corrected chi connectivity index (χ0v) is 13.0. The van der Waals surface area contributed by atoms with Gasteiger partial charge in [0.15, 0.2) is 5.78 Å². The third-order valence-electron chi connectivity index (χ3n) is 2.93. The summed E-state index contributed by atoms with van der Waals surface area (Å²) in [4.78, 5) is 22.7. The maximum atomic E-state index is 11.6. The first kappa shape index (κ1) is 15.3. The Bertz CT molecular complexity index is 698. The summed E-state index contributed by atoms with van der Waals surface area (Å²) in [6.45, 7) is 1.74. The highest BCUT2D eigenvalue weighted by Gasteiger charge is 2.10. The molecule has 21 heavy (non-hydrogen) atoms. The standard InChI is InChI=1S/C16H14BrNO3/c1-10(19)14-6-5-13(17)8-15(14)21-9-11-3-2-4-12(7-11)16(18)20/h2-8H,9H2,1H3,(H2,18,20). The molecular weight excluding hydrogens is 334 g/mol. The van der Waals surface area contributed by atoms with Gasteiger partial charge in [-0.1, -0.05) is 28.1 Å². The van der Waals surface area contributed by atoms with E-state index < -0.39 is 5.91 Å². The highest BCUT2D eigenvalue weighted by Crippen LogP contribution is 2.25. The van der Waals surface area contributed by atoms with Crippen LogP contribution in [0.4, 0.5) is 0 Å². The Balaban J connectivity index is 2.20. The van der Waals surface area contributed by atoms with E-state index >= 15 is 0 Å². The number of carbonyl (C=O) groups is 2. The Morgan fingerprint density at radius 1 is 1.19 bits per heavy atom. The number of hydrogen-bond acceptors (Lipinski definition) is 3. The number of hydrogen-bond donors (Lipinski definition) is 1. The summed E-state index contributed by atoms with van der Waals surface area (Å²) in [5, 5.41) is 0. The topological polar surface area (TPSA) is 69.4 Å². The molecule has 108 valence electrons. The number of nitrogens with two attached hydrogens (primary N) is 1. The molecule has 5 heteroatoms. The number of primary amides is 1. The molecule has 0 aliphatic carbocycles. The third-order valence-corrected chi connectivity index (χ3v) is 3.42. The van der Waals surface area contributed by atoms with Crippen LogP contribution in [0.5, 0.6) is 5.75 Å². The quantitative estimate of drug-likeness (QED) is 0.843. The number of rotatable bonds is 5. The predicted octanol–water partition coefficient (Wildman–Crippen LogP) is 3.33. The number of halogens is 1. The van der Waals surface area contributed by atoms with Crippen molar-refractivity contribution >= 4 is 27.6 Å². The minimum atomic E-state index is -0.483. The summed E-state index contributed by atoms with van der Waals surface area (Å²) >= 11 is 3.35. The molecule has 0 saturated heterocycles. The van der Waals surface area contributed by atoms with Gasteiger partial charge in [-0.05, 0) is 42.8 Å². The second-order valence-corrected chi connectivity index (χ2v) is 5.47. The highest BCUT2D eigenvalue weighted by molar-refractivity contribution is 9.10. The average Bonchev–Trinajstić information content (AvgIpc) is 2.45. The van der Waals surface area contributed by atoms with E-state index in [0.29, 0.717) is 16.9 Å². The molecule has 0 aliphatic heterocycles. The molecule has 0 atom stereocenters. The molecule has 2 aromatic carbocycles. The number of amides is 1. The molecular formula is C16H14BrNO3. The van der Waals surface area contributed by atoms with Crippen LogP contribution in [0.2, 0.25) is 0 Å². The molecule has 2 aromatic rings. The van der Waals surface area contributed by atoms with Crippen LogP contribution in [0.15, 0.2) is 46.9 Å². The largest absolute Gasteiger partial charge is 0.488 e. The van der Waals surface area contributed by atoms with Gasteiger partial charge in [-0.3, -0.25) is 9.59 Å². The average molecular weight is 348 g/mol. The van der Waals surface area contributed by atoms with Crippen LogP contribution in [0, 0.1) is 0 Å². The SMILES string of the molecule is CC(=O)c1ccc(Br)cc1OCc1cccc(C(N)=O)c1. The molecule has 0 fully saturated rings. The Morgan fingerprint density at radius 2 is 1.95 bits per heavy atom. The van der Waals surface area contributed by atoms with Crippen LogP contribution in [-0.2, 0) is 6.61 Å². The molecule has 2 rings (SSSR count). The smallest absolute Gasteiger partial charge is 0.248 e. The van der Waals surface area contributed by atoms with E-state index in [9.17, 15) is 9.59 Å². The predicted molar refractivity (Wildman–Crippen MR) is 83.4 cm³/mol. The second-order valence-electron chi connectivity index (χ2n) is 4.55. The van der Waals surface area contributed by atoms with E-state index in [4.69, 9.17) is 10.5 Å². The van der Waals surface area contributed by atoms with E-state index in [-0.39, 0.29) is 12.4 Å². The summed E-state index contributed by atoms with van der Waals surface area (Å²) in [6, 6.07) is 12.1.